The van der Waals surface area contributed by atoms with Crippen LogP contribution in [0.5, 0.6) is 0 Å². The summed E-state index contributed by atoms with van der Waals surface area (Å²) in [4.78, 5) is 10.0. The minimum atomic E-state index is -0.851. The normalized spacial score (nSPS) is 17.2. The summed E-state index contributed by atoms with van der Waals surface area (Å²) in [6.07, 6.45) is 2.00. The molecule has 0 amide bonds. The molecule has 0 radical (unpaired) electrons. The molecule has 1 aliphatic rings. The summed E-state index contributed by atoms with van der Waals surface area (Å²) >= 11 is 0. The monoisotopic (exact) mass is 220 g/mol. The van der Waals surface area contributed by atoms with Crippen LogP contribution < -0.4 is 0 Å². The Hall–Kier alpha value is -1.96. The first-order valence-corrected chi connectivity index (χ1v) is 4.95. The second kappa shape index (κ2) is 3.56. The largest absolute Gasteiger partial charge is 0.269 e. The predicted octanol–water partition coefficient (Wildman–Crippen LogP) is 2.68. The molecule has 0 spiro atoms. The average molecular weight is 220 g/mol. The molecule has 0 aromatic heterocycles. The van der Waals surface area contributed by atoms with Crippen LogP contribution in [0.25, 0.3) is 0 Å². The molecule has 1 saturated carbocycles. The molecule has 0 N–H and O–H groups in total. The molecule has 0 saturated heterocycles. The number of non-ortho nitro benzene ring substituents is 1. The number of halogens is 1. The third kappa shape index (κ3) is 1.43. The molecule has 0 unspecified atom stereocenters. The molecule has 1 aromatic rings. The number of nitriles is 1. The lowest BCUT2D eigenvalue weighted by molar-refractivity contribution is -0.385. The van der Waals surface area contributed by atoms with E-state index in [1.54, 1.807) is 0 Å². The number of nitro groups is 1. The van der Waals surface area contributed by atoms with Gasteiger partial charge in [0.25, 0.3) is 5.69 Å². The van der Waals surface area contributed by atoms with Gasteiger partial charge in [0.2, 0.25) is 0 Å². The summed E-state index contributed by atoms with van der Waals surface area (Å²) in [5, 5.41) is 19.6. The lowest BCUT2D eigenvalue weighted by Gasteiger charge is -2.35. The van der Waals surface area contributed by atoms with Crippen LogP contribution in [0.3, 0.4) is 0 Å². The highest BCUT2D eigenvalue weighted by Crippen LogP contribution is 2.44. The Balaban J connectivity index is 2.51. The highest BCUT2D eigenvalue weighted by molar-refractivity contribution is 5.43. The maximum absolute atomic E-state index is 13.6. The lowest BCUT2D eigenvalue weighted by atomic mass is 9.65. The van der Waals surface area contributed by atoms with E-state index < -0.39 is 16.2 Å². The van der Waals surface area contributed by atoms with Crippen molar-refractivity contribution in [3.05, 3.63) is 39.7 Å². The summed E-state index contributed by atoms with van der Waals surface area (Å²) < 4.78 is 13.6. The van der Waals surface area contributed by atoms with Crippen molar-refractivity contribution in [1.82, 2.24) is 0 Å². The van der Waals surface area contributed by atoms with E-state index in [1.807, 2.05) is 0 Å². The first-order chi connectivity index (χ1) is 7.59. The van der Waals surface area contributed by atoms with E-state index in [0.29, 0.717) is 12.8 Å². The fraction of sp³-hybridized carbons (Fsp3) is 0.364. The first kappa shape index (κ1) is 10.6. The Labute approximate surface area is 91.5 Å². The average Bonchev–Trinajstić information content (AvgIpc) is 2.19. The number of hydrogen-bond donors (Lipinski definition) is 0. The summed E-state index contributed by atoms with van der Waals surface area (Å²) in [5.74, 6) is -0.535. The van der Waals surface area contributed by atoms with E-state index in [0.717, 1.165) is 18.6 Å². The van der Waals surface area contributed by atoms with Gasteiger partial charge in [-0.15, -0.1) is 0 Å². The number of benzene rings is 1. The maximum atomic E-state index is 13.6. The van der Waals surface area contributed by atoms with Crippen LogP contribution in [0.1, 0.15) is 24.8 Å². The Morgan fingerprint density at radius 1 is 1.50 bits per heavy atom. The fourth-order valence-corrected chi connectivity index (χ4v) is 1.97. The van der Waals surface area contributed by atoms with Crippen LogP contribution >= 0.6 is 0 Å². The summed E-state index contributed by atoms with van der Waals surface area (Å²) in [5.41, 5.74) is -0.857. The molecule has 0 atom stereocenters. The van der Waals surface area contributed by atoms with Crippen molar-refractivity contribution < 1.29 is 9.31 Å². The minimum Gasteiger partial charge on any atom is -0.258 e. The van der Waals surface area contributed by atoms with E-state index in [9.17, 15) is 14.5 Å². The zero-order valence-electron chi connectivity index (χ0n) is 8.44. The van der Waals surface area contributed by atoms with Crippen LogP contribution in [0.2, 0.25) is 0 Å². The first-order valence-electron chi connectivity index (χ1n) is 4.95. The van der Waals surface area contributed by atoms with Crippen molar-refractivity contribution in [3.63, 3.8) is 0 Å². The Morgan fingerprint density at radius 3 is 2.62 bits per heavy atom. The maximum Gasteiger partial charge on any atom is 0.269 e. The van der Waals surface area contributed by atoms with Gasteiger partial charge in [-0.1, -0.05) is 0 Å². The van der Waals surface area contributed by atoms with Crippen LogP contribution in [0.15, 0.2) is 18.2 Å². The van der Waals surface area contributed by atoms with E-state index in [2.05, 4.69) is 6.07 Å². The topological polar surface area (TPSA) is 66.9 Å². The second-order valence-electron chi connectivity index (χ2n) is 3.97. The van der Waals surface area contributed by atoms with Crippen molar-refractivity contribution in [1.29, 1.82) is 5.26 Å². The SMILES string of the molecule is N#CC1(c2cc([N+](=O)[O-])ccc2F)CCC1. The quantitative estimate of drug-likeness (QED) is 0.568. The van der Waals surface area contributed by atoms with Crippen molar-refractivity contribution in [2.75, 3.05) is 0 Å². The summed E-state index contributed by atoms with van der Waals surface area (Å²) in [6, 6.07) is 5.43. The van der Waals surface area contributed by atoms with Crippen molar-refractivity contribution >= 4 is 5.69 Å². The van der Waals surface area contributed by atoms with Gasteiger partial charge in [0, 0.05) is 17.7 Å². The van der Waals surface area contributed by atoms with Gasteiger partial charge in [-0.05, 0) is 25.3 Å². The molecule has 1 aliphatic carbocycles. The van der Waals surface area contributed by atoms with Gasteiger partial charge in [-0.25, -0.2) is 4.39 Å². The number of nitrogens with zero attached hydrogens (tertiary/aromatic N) is 2. The molecule has 0 bridgehead atoms. The molecule has 0 aliphatic heterocycles. The number of hydrogen-bond acceptors (Lipinski definition) is 3. The Bertz CT molecular complexity index is 489. The third-order valence-corrected chi connectivity index (χ3v) is 3.10. The fourth-order valence-electron chi connectivity index (χ4n) is 1.97. The molecule has 82 valence electrons. The molecule has 4 nitrogen and oxygen atoms in total. The van der Waals surface area contributed by atoms with E-state index in [4.69, 9.17) is 5.26 Å². The molecule has 16 heavy (non-hydrogen) atoms. The van der Waals surface area contributed by atoms with Gasteiger partial charge in [0.05, 0.1) is 16.4 Å². The van der Waals surface area contributed by atoms with Gasteiger partial charge < -0.3 is 0 Å². The van der Waals surface area contributed by atoms with E-state index >= 15 is 0 Å². The van der Waals surface area contributed by atoms with Gasteiger partial charge in [0.1, 0.15) is 5.82 Å². The molecular formula is C11H9FN2O2. The molecular weight excluding hydrogens is 211 g/mol. The Morgan fingerprint density at radius 2 is 2.19 bits per heavy atom. The molecule has 2 rings (SSSR count). The van der Waals surface area contributed by atoms with Crippen molar-refractivity contribution in [2.45, 2.75) is 24.7 Å². The Kier molecular flexibility index (Phi) is 2.35. The summed E-state index contributed by atoms with van der Waals surface area (Å²) in [6.45, 7) is 0. The predicted molar refractivity (Wildman–Crippen MR) is 54.2 cm³/mol. The van der Waals surface area contributed by atoms with Crippen molar-refractivity contribution in [3.8, 4) is 6.07 Å². The molecule has 0 heterocycles. The molecule has 1 aromatic carbocycles. The van der Waals surface area contributed by atoms with Crippen LogP contribution in [-0.2, 0) is 5.41 Å². The van der Waals surface area contributed by atoms with Crippen LogP contribution in [-0.4, -0.2) is 4.92 Å². The zero-order valence-corrected chi connectivity index (χ0v) is 8.44. The van der Waals surface area contributed by atoms with E-state index in [-0.39, 0.29) is 11.3 Å². The van der Waals surface area contributed by atoms with Gasteiger partial charge >= 0.3 is 0 Å². The third-order valence-electron chi connectivity index (χ3n) is 3.10. The number of rotatable bonds is 2. The highest BCUT2D eigenvalue weighted by Gasteiger charge is 2.41. The second-order valence-corrected chi connectivity index (χ2v) is 3.97. The lowest BCUT2D eigenvalue weighted by Crippen LogP contribution is -2.33. The number of nitro benzene ring substituents is 1. The van der Waals surface area contributed by atoms with Crippen molar-refractivity contribution in [2.24, 2.45) is 0 Å². The smallest absolute Gasteiger partial charge is 0.258 e. The van der Waals surface area contributed by atoms with Crippen LogP contribution in [0.4, 0.5) is 10.1 Å². The van der Waals surface area contributed by atoms with Gasteiger partial charge in [-0.3, -0.25) is 10.1 Å². The minimum absolute atomic E-state index is 0.162. The summed E-state index contributed by atoms with van der Waals surface area (Å²) in [7, 11) is 0. The van der Waals surface area contributed by atoms with Gasteiger partial charge in [0.15, 0.2) is 0 Å². The van der Waals surface area contributed by atoms with Gasteiger partial charge in [-0.2, -0.15) is 5.26 Å². The highest BCUT2D eigenvalue weighted by atomic mass is 19.1. The van der Waals surface area contributed by atoms with Crippen LogP contribution in [0, 0.1) is 27.3 Å². The van der Waals surface area contributed by atoms with E-state index in [1.165, 1.54) is 6.07 Å². The standard InChI is InChI=1S/C11H9FN2O2/c12-10-3-2-8(14(15)16)6-9(10)11(7-13)4-1-5-11/h2-3,6H,1,4-5H2. The molecule has 5 heteroatoms. The zero-order chi connectivity index (χ0) is 11.8. The molecule has 1 fully saturated rings.